The number of para-hydroxylation sites is 1. The van der Waals surface area contributed by atoms with Crippen LogP contribution >= 0.6 is 11.3 Å². The predicted molar refractivity (Wildman–Crippen MR) is 82.8 cm³/mol. The van der Waals surface area contributed by atoms with Gasteiger partial charge in [0.15, 0.2) is 0 Å². The van der Waals surface area contributed by atoms with Crippen molar-refractivity contribution < 1.29 is 0 Å². The molecule has 1 aromatic carbocycles. The van der Waals surface area contributed by atoms with E-state index in [1.54, 1.807) is 11.3 Å². The molecule has 3 aromatic rings. The molecule has 0 fully saturated rings. The molecule has 2 aromatic heterocycles. The zero-order valence-electron chi connectivity index (χ0n) is 11.1. The summed E-state index contributed by atoms with van der Waals surface area (Å²) in [6.45, 7) is 4.23. The fraction of sp³-hybridized carbons (Fsp3) is 0.188. The first-order valence-corrected chi connectivity index (χ1v) is 7.28. The highest BCUT2D eigenvalue weighted by molar-refractivity contribution is 7.10. The summed E-state index contributed by atoms with van der Waals surface area (Å²) >= 11 is 1.78. The van der Waals surface area contributed by atoms with Gasteiger partial charge in [0.2, 0.25) is 0 Å². The summed E-state index contributed by atoms with van der Waals surface area (Å²) in [7, 11) is 0. The van der Waals surface area contributed by atoms with Gasteiger partial charge in [-0.1, -0.05) is 24.3 Å². The number of anilines is 1. The van der Waals surface area contributed by atoms with Gasteiger partial charge >= 0.3 is 0 Å². The molecule has 0 aliphatic heterocycles. The normalized spacial score (nSPS) is 12.5. The molecule has 0 spiro atoms. The predicted octanol–water partition coefficient (Wildman–Crippen LogP) is 4.78. The minimum atomic E-state index is 0.310. The van der Waals surface area contributed by atoms with Crippen molar-refractivity contribution in [2.75, 3.05) is 5.32 Å². The number of thiophene rings is 1. The molecule has 0 saturated carbocycles. The first-order valence-electron chi connectivity index (χ1n) is 6.40. The topological polar surface area (TPSA) is 24.9 Å². The molecule has 3 rings (SSSR count). The largest absolute Gasteiger partial charge is 0.377 e. The number of aryl methyl sites for hydroxylation is 1. The van der Waals surface area contributed by atoms with Crippen molar-refractivity contribution in [2.45, 2.75) is 19.9 Å². The van der Waals surface area contributed by atoms with Crippen LogP contribution in [0.4, 0.5) is 5.69 Å². The molecule has 96 valence electrons. The van der Waals surface area contributed by atoms with Gasteiger partial charge in [-0.3, -0.25) is 4.98 Å². The number of pyridine rings is 1. The van der Waals surface area contributed by atoms with E-state index >= 15 is 0 Å². The van der Waals surface area contributed by atoms with Crippen LogP contribution in [-0.4, -0.2) is 4.98 Å². The van der Waals surface area contributed by atoms with Crippen molar-refractivity contribution in [3.8, 4) is 0 Å². The Hall–Kier alpha value is -1.87. The molecular weight excluding hydrogens is 252 g/mol. The summed E-state index contributed by atoms with van der Waals surface area (Å²) in [6.07, 6.45) is 0. The van der Waals surface area contributed by atoms with E-state index in [0.29, 0.717) is 6.04 Å². The molecule has 0 radical (unpaired) electrons. The second-order valence-corrected chi connectivity index (χ2v) is 5.69. The third-order valence-electron chi connectivity index (χ3n) is 3.19. The highest BCUT2D eigenvalue weighted by Crippen LogP contribution is 2.28. The van der Waals surface area contributed by atoms with Gasteiger partial charge in [0, 0.05) is 21.6 Å². The van der Waals surface area contributed by atoms with Crippen LogP contribution in [0.1, 0.15) is 23.5 Å². The Labute approximate surface area is 117 Å². The first kappa shape index (κ1) is 12.2. The SMILES string of the molecule is Cc1cc(NC(C)c2cccs2)c2ccccc2n1. The minimum Gasteiger partial charge on any atom is -0.377 e. The van der Waals surface area contributed by atoms with Gasteiger partial charge in [0.1, 0.15) is 0 Å². The Morgan fingerprint density at radius 3 is 2.79 bits per heavy atom. The van der Waals surface area contributed by atoms with Gasteiger partial charge in [-0.2, -0.15) is 0 Å². The summed E-state index contributed by atoms with van der Waals surface area (Å²) < 4.78 is 0. The quantitative estimate of drug-likeness (QED) is 0.739. The molecule has 1 N–H and O–H groups in total. The fourth-order valence-corrected chi connectivity index (χ4v) is 3.00. The summed E-state index contributed by atoms with van der Waals surface area (Å²) in [5, 5.41) is 6.89. The molecule has 0 bridgehead atoms. The van der Waals surface area contributed by atoms with Crippen molar-refractivity contribution in [1.29, 1.82) is 0 Å². The maximum absolute atomic E-state index is 4.57. The van der Waals surface area contributed by atoms with E-state index in [2.05, 4.69) is 59.0 Å². The summed E-state index contributed by atoms with van der Waals surface area (Å²) in [4.78, 5) is 5.91. The Balaban J connectivity index is 2.00. The maximum Gasteiger partial charge on any atom is 0.0725 e. The molecule has 0 amide bonds. The van der Waals surface area contributed by atoms with Crippen LogP contribution in [0.3, 0.4) is 0 Å². The molecule has 0 aliphatic rings. The molecule has 0 saturated heterocycles. The lowest BCUT2D eigenvalue weighted by atomic mass is 10.1. The standard InChI is InChI=1S/C16H16N2S/c1-11-10-15(13-6-3-4-7-14(13)17-11)18-12(2)16-8-5-9-19-16/h3-10,12H,1-2H3,(H,17,18). The summed E-state index contributed by atoms with van der Waals surface area (Å²) in [5.74, 6) is 0. The Morgan fingerprint density at radius 1 is 1.16 bits per heavy atom. The highest BCUT2D eigenvalue weighted by atomic mass is 32.1. The number of rotatable bonds is 3. The van der Waals surface area contributed by atoms with E-state index in [0.717, 1.165) is 16.9 Å². The molecule has 1 atom stereocenters. The zero-order valence-corrected chi connectivity index (χ0v) is 11.9. The van der Waals surface area contributed by atoms with Crippen molar-refractivity contribution >= 4 is 27.9 Å². The van der Waals surface area contributed by atoms with E-state index in [-0.39, 0.29) is 0 Å². The van der Waals surface area contributed by atoms with Gasteiger partial charge in [-0.05, 0) is 37.4 Å². The van der Waals surface area contributed by atoms with Crippen LogP contribution in [0.15, 0.2) is 47.8 Å². The van der Waals surface area contributed by atoms with Gasteiger partial charge in [-0.15, -0.1) is 11.3 Å². The zero-order chi connectivity index (χ0) is 13.2. The van der Waals surface area contributed by atoms with Crippen LogP contribution in [-0.2, 0) is 0 Å². The van der Waals surface area contributed by atoms with Crippen LogP contribution in [0.5, 0.6) is 0 Å². The Kier molecular flexibility index (Phi) is 3.22. The van der Waals surface area contributed by atoms with Crippen LogP contribution in [0.2, 0.25) is 0 Å². The van der Waals surface area contributed by atoms with E-state index in [4.69, 9.17) is 0 Å². The number of nitrogens with one attached hydrogen (secondary N) is 1. The van der Waals surface area contributed by atoms with Crippen molar-refractivity contribution in [3.63, 3.8) is 0 Å². The van der Waals surface area contributed by atoms with E-state index in [1.165, 1.54) is 10.3 Å². The Morgan fingerprint density at radius 2 is 2.00 bits per heavy atom. The fourth-order valence-electron chi connectivity index (χ4n) is 2.27. The Bertz CT molecular complexity index is 689. The third-order valence-corrected chi connectivity index (χ3v) is 4.24. The van der Waals surface area contributed by atoms with E-state index < -0.39 is 0 Å². The number of hydrogen-bond donors (Lipinski definition) is 1. The van der Waals surface area contributed by atoms with Crippen molar-refractivity contribution in [1.82, 2.24) is 4.98 Å². The lowest BCUT2D eigenvalue weighted by molar-refractivity contribution is 0.909. The molecule has 2 heterocycles. The monoisotopic (exact) mass is 268 g/mol. The smallest absolute Gasteiger partial charge is 0.0725 e. The minimum absolute atomic E-state index is 0.310. The number of hydrogen-bond acceptors (Lipinski definition) is 3. The number of fused-ring (bicyclic) bond motifs is 1. The van der Waals surface area contributed by atoms with Gasteiger partial charge in [0.05, 0.1) is 11.6 Å². The van der Waals surface area contributed by atoms with E-state index in [9.17, 15) is 0 Å². The average molecular weight is 268 g/mol. The van der Waals surface area contributed by atoms with Crippen LogP contribution in [0.25, 0.3) is 10.9 Å². The highest BCUT2D eigenvalue weighted by Gasteiger charge is 2.09. The number of aromatic nitrogens is 1. The lowest BCUT2D eigenvalue weighted by Gasteiger charge is -2.16. The molecule has 19 heavy (non-hydrogen) atoms. The maximum atomic E-state index is 4.57. The van der Waals surface area contributed by atoms with Crippen molar-refractivity contribution in [3.05, 3.63) is 58.4 Å². The molecule has 0 aliphatic carbocycles. The third kappa shape index (κ3) is 2.47. The summed E-state index contributed by atoms with van der Waals surface area (Å²) in [6, 6.07) is 14.9. The second-order valence-electron chi connectivity index (χ2n) is 4.71. The van der Waals surface area contributed by atoms with E-state index in [1.807, 2.05) is 13.0 Å². The van der Waals surface area contributed by atoms with Crippen LogP contribution < -0.4 is 5.32 Å². The summed E-state index contributed by atoms with van der Waals surface area (Å²) in [5.41, 5.74) is 3.24. The molecule has 3 heteroatoms. The lowest BCUT2D eigenvalue weighted by Crippen LogP contribution is -2.06. The number of nitrogens with zero attached hydrogens (tertiary/aromatic N) is 1. The van der Waals surface area contributed by atoms with Gasteiger partial charge in [-0.25, -0.2) is 0 Å². The molecule has 2 nitrogen and oxygen atoms in total. The number of benzene rings is 1. The molecular formula is C16H16N2S. The van der Waals surface area contributed by atoms with Gasteiger partial charge < -0.3 is 5.32 Å². The second kappa shape index (κ2) is 5.02. The molecule has 1 unspecified atom stereocenters. The average Bonchev–Trinajstić information content (AvgIpc) is 2.92. The van der Waals surface area contributed by atoms with Crippen molar-refractivity contribution in [2.24, 2.45) is 0 Å². The first-order chi connectivity index (χ1) is 9.24. The van der Waals surface area contributed by atoms with Gasteiger partial charge in [0.25, 0.3) is 0 Å². The van der Waals surface area contributed by atoms with Crippen LogP contribution in [0, 0.1) is 6.92 Å².